The fraction of sp³-hybridized carbons (Fsp3) is 0.667. The van der Waals surface area contributed by atoms with Gasteiger partial charge in [-0.3, -0.25) is 0 Å². The van der Waals surface area contributed by atoms with E-state index in [-0.39, 0.29) is 24.0 Å². The lowest BCUT2D eigenvalue weighted by atomic mass is 10.4. The van der Waals surface area contributed by atoms with Gasteiger partial charge in [-0.05, 0) is 0 Å². The Hall–Kier alpha value is -1.16. The third-order valence-electron chi connectivity index (χ3n) is 2.39. The summed E-state index contributed by atoms with van der Waals surface area (Å²) in [5, 5.41) is 9.45. The Bertz CT molecular complexity index is 479. The van der Waals surface area contributed by atoms with Crippen molar-refractivity contribution in [1.82, 2.24) is 13.9 Å². The highest BCUT2D eigenvalue weighted by atomic mass is 32.2. The monoisotopic (exact) mass is 278 g/mol. The van der Waals surface area contributed by atoms with Crippen molar-refractivity contribution in [2.24, 2.45) is 7.05 Å². The Labute approximate surface area is 106 Å². The Kier molecular flexibility index (Phi) is 4.68. The van der Waals surface area contributed by atoms with Crippen LogP contribution >= 0.6 is 0 Å². The van der Waals surface area contributed by atoms with Gasteiger partial charge in [0.2, 0.25) is 0 Å². The second kappa shape index (κ2) is 5.65. The molecule has 0 aliphatic carbocycles. The van der Waals surface area contributed by atoms with Gasteiger partial charge < -0.3 is 20.1 Å². The van der Waals surface area contributed by atoms with Crippen molar-refractivity contribution in [3.8, 4) is 0 Å². The number of anilines is 1. The molecule has 0 saturated carbocycles. The third kappa shape index (κ3) is 2.99. The maximum Gasteiger partial charge on any atom is 0.262 e. The summed E-state index contributed by atoms with van der Waals surface area (Å²) in [6.07, 6.45) is 0.422. The van der Waals surface area contributed by atoms with Gasteiger partial charge in [-0.1, -0.05) is 0 Å². The van der Waals surface area contributed by atoms with E-state index in [2.05, 4.69) is 4.98 Å². The van der Waals surface area contributed by atoms with E-state index >= 15 is 0 Å². The van der Waals surface area contributed by atoms with E-state index in [0.29, 0.717) is 0 Å². The zero-order chi connectivity index (χ0) is 13.9. The minimum absolute atomic E-state index is 0.0563. The van der Waals surface area contributed by atoms with Crippen molar-refractivity contribution in [3.63, 3.8) is 0 Å². The molecular formula is C9H18N4O4S. The van der Waals surface area contributed by atoms with Crippen molar-refractivity contribution in [2.75, 3.05) is 33.0 Å². The number of aromatic nitrogens is 2. The summed E-state index contributed by atoms with van der Waals surface area (Å²) in [6, 6.07) is 0. The number of methoxy groups -OCH3 is 1. The number of aliphatic hydroxyl groups is 1. The Morgan fingerprint density at radius 1 is 1.67 bits per heavy atom. The lowest BCUT2D eigenvalue weighted by Gasteiger charge is -2.20. The van der Waals surface area contributed by atoms with Crippen LogP contribution in [0.3, 0.4) is 0 Å². The highest BCUT2D eigenvalue weighted by Gasteiger charge is 2.28. The Morgan fingerprint density at radius 2 is 2.28 bits per heavy atom. The lowest BCUT2D eigenvalue weighted by Crippen LogP contribution is -2.37. The van der Waals surface area contributed by atoms with Crippen molar-refractivity contribution < 1.29 is 18.3 Å². The Balaban J connectivity index is 2.94. The van der Waals surface area contributed by atoms with E-state index in [1.54, 1.807) is 0 Å². The van der Waals surface area contributed by atoms with Gasteiger partial charge in [-0.2, -0.15) is 4.31 Å². The van der Waals surface area contributed by atoms with Crippen molar-refractivity contribution in [2.45, 2.75) is 11.1 Å². The second-order valence-electron chi connectivity index (χ2n) is 3.94. The predicted octanol–water partition coefficient (Wildman–Crippen LogP) is -1.37. The largest absolute Gasteiger partial charge is 0.389 e. The summed E-state index contributed by atoms with van der Waals surface area (Å²) in [5.74, 6) is -0.0643. The minimum Gasteiger partial charge on any atom is -0.389 e. The smallest absolute Gasteiger partial charge is 0.262 e. The molecule has 0 aliphatic heterocycles. The minimum atomic E-state index is -3.78. The van der Waals surface area contributed by atoms with Crippen LogP contribution in [0.5, 0.6) is 0 Å². The zero-order valence-electron chi connectivity index (χ0n) is 10.6. The highest BCUT2D eigenvalue weighted by Crippen LogP contribution is 2.19. The van der Waals surface area contributed by atoms with Gasteiger partial charge in [0.25, 0.3) is 10.0 Å². The topological polar surface area (TPSA) is 111 Å². The number of nitrogens with two attached hydrogens (primary N) is 1. The van der Waals surface area contributed by atoms with Gasteiger partial charge in [0, 0.05) is 27.7 Å². The highest BCUT2D eigenvalue weighted by molar-refractivity contribution is 7.89. The maximum absolute atomic E-state index is 12.2. The van der Waals surface area contributed by atoms with E-state index in [1.807, 2.05) is 0 Å². The number of rotatable bonds is 6. The van der Waals surface area contributed by atoms with Crippen LogP contribution in [0.4, 0.5) is 5.82 Å². The molecule has 0 spiro atoms. The molecular weight excluding hydrogens is 260 g/mol. The molecule has 1 rings (SSSR count). The summed E-state index contributed by atoms with van der Waals surface area (Å²) in [6.45, 7) is -0.0263. The number of imidazole rings is 1. The van der Waals surface area contributed by atoms with Crippen LogP contribution in [0.15, 0.2) is 11.4 Å². The fourth-order valence-corrected chi connectivity index (χ4v) is 2.93. The first kappa shape index (κ1) is 14.9. The molecule has 1 aromatic rings. The number of ether oxygens (including phenoxy) is 1. The summed E-state index contributed by atoms with van der Waals surface area (Å²) in [4.78, 5) is 3.73. The van der Waals surface area contributed by atoms with E-state index in [0.717, 1.165) is 4.31 Å². The average Bonchev–Trinajstić information content (AvgIpc) is 2.59. The summed E-state index contributed by atoms with van der Waals surface area (Å²) >= 11 is 0. The quantitative estimate of drug-likeness (QED) is 0.664. The second-order valence-corrected chi connectivity index (χ2v) is 5.90. The molecule has 0 amide bonds. The van der Waals surface area contributed by atoms with Crippen LogP contribution in [-0.2, 0) is 21.8 Å². The lowest BCUT2D eigenvalue weighted by molar-refractivity contribution is 0.0553. The van der Waals surface area contributed by atoms with Crippen LogP contribution in [0.1, 0.15) is 0 Å². The molecule has 1 aromatic heterocycles. The van der Waals surface area contributed by atoms with Crippen molar-refractivity contribution >= 4 is 15.8 Å². The first-order valence-electron chi connectivity index (χ1n) is 5.20. The van der Waals surface area contributed by atoms with Gasteiger partial charge in [0.15, 0.2) is 10.8 Å². The molecule has 0 aliphatic rings. The number of aliphatic hydroxyl groups excluding tert-OH is 1. The molecule has 0 fully saturated rings. The Morgan fingerprint density at radius 3 is 2.72 bits per heavy atom. The van der Waals surface area contributed by atoms with Gasteiger partial charge in [-0.25, -0.2) is 13.4 Å². The number of nitrogens with zero attached hydrogens (tertiary/aromatic N) is 3. The zero-order valence-corrected chi connectivity index (χ0v) is 11.4. The number of aryl methyl sites for hydroxylation is 1. The molecule has 104 valence electrons. The molecule has 0 radical (unpaired) electrons. The van der Waals surface area contributed by atoms with E-state index in [9.17, 15) is 13.5 Å². The van der Waals surface area contributed by atoms with Gasteiger partial charge in [-0.15, -0.1) is 0 Å². The molecule has 3 N–H and O–H groups in total. The molecule has 8 nitrogen and oxygen atoms in total. The van der Waals surface area contributed by atoms with E-state index in [4.69, 9.17) is 10.5 Å². The molecule has 9 heteroatoms. The molecule has 0 bridgehead atoms. The molecule has 1 unspecified atom stereocenters. The number of hydrogen-bond donors (Lipinski definition) is 2. The van der Waals surface area contributed by atoms with Crippen LogP contribution in [0.25, 0.3) is 0 Å². The van der Waals surface area contributed by atoms with Crippen LogP contribution < -0.4 is 5.73 Å². The predicted molar refractivity (Wildman–Crippen MR) is 65.3 cm³/mol. The van der Waals surface area contributed by atoms with E-state index < -0.39 is 16.1 Å². The van der Waals surface area contributed by atoms with Crippen molar-refractivity contribution in [3.05, 3.63) is 6.33 Å². The maximum atomic E-state index is 12.2. The molecule has 0 saturated heterocycles. The molecule has 0 aromatic carbocycles. The van der Waals surface area contributed by atoms with Gasteiger partial charge in [0.05, 0.1) is 19.0 Å². The standard InChI is InChI=1S/C9H18N4O4S/c1-12-6-11-8(10)9(12)18(15,16)13(2)4-7(14)5-17-3/h6-7,14H,4-5,10H2,1-3H3. The SMILES string of the molecule is COCC(O)CN(C)S(=O)(=O)c1c(N)ncn1C. The van der Waals surface area contributed by atoms with Crippen LogP contribution in [0.2, 0.25) is 0 Å². The number of sulfonamides is 1. The first-order chi connectivity index (χ1) is 8.30. The number of nitrogen functional groups attached to an aromatic ring is 1. The summed E-state index contributed by atoms with van der Waals surface area (Å²) in [5.41, 5.74) is 5.53. The number of likely N-dealkylation sites (N-methyl/N-ethyl adjacent to an activating group) is 1. The first-order valence-corrected chi connectivity index (χ1v) is 6.64. The molecule has 18 heavy (non-hydrogen) atoms. The van der Waals surface area contributed by atoms with Gasteiger partial charge >= 0.3 is 0 Å². The van der Waals surface area contributed by atoms with Crippen LogP contribution in [-0.4, -0.2) is 60.8 Å². The molecule has 1 heterocycles. The average molecular weight is 278 g/mol. The van der Waals surface area contributed by atoms with E-state index in [1.165, 1.54) is 32.1 Å². The summed E-state index contributed by atoms with van der Waals surface area (Å²) in [7, 11) is 0.549. The number of hydrogen-bond acceptors (Lipinski definition) is 6. The van der Waals surface area contributed by atoms with Crippen molar-refractivity contribution in [1.29, 1.82) is 0 Å². The molecule has 1 atom stereocenters. The fourth-order valence-electron chi connectivity index (χ4n) is 1.54. The third-order valence-corrected chi connectivity index (χ3v) is 4.35. The van der Waals surface area contributed by atoms with Gasteiger partial charge in [0.1, 0.15) is 0 Å². The summed E-state index contributed by atoms with van der Waals surface area (Å²) < 4.78 is 31.5. The van der Waals surface area contributed by atoms with Crippen LogP contribution in [0, 0.1) is 0 Å². The normalized spacial score (nSPS) is 14.1.